The molecule has 0 fully saturated rings. The highest BCUT2D eigenvalue weighted by Gasteiger charge is 2.34. The Morgan fingerprint density at radius 3 is 2.38 bits per heavy atom. The minimum atomic E-state index is -4.68. The molecule has 112 valence electrons. The van der Waals surface area contributed by atoms with E-state index in [9.17, 15) is 23.1 Å². The zero-order valence-corrected chi connectivity index (χ0v) is 11.9. The van der Waals surface area contributed by atoms with Gasteiger partial charge >= 0.3 is 6.18 Å². The van der Waals surface area contributed by atoms with Gasteiger partial charge in [-0.2, -0.15) is 13.2 Å². The van der Waals surface area contributed by atoms with Gasteiger partial charge in [0.15, 0.2) is 4.77 Å². The lowest BCUT2D eigenvalue weighted by Crippen LogP contribution is -2.27. The van der Waals surface area contributed by atoms with Crippen LogP contribution in [-0.2, 0) is 13.2 Å². The summed E-state index contributed by atoms with van der Waals surface area (Å²) in [5.74, 6) is -0.233. The number of phenolic OH excluding ortho intramolecular Hbond substituents is 1. The van der Waals surface area contributed by atoms with Crippen molar-refractivity contribution in [2.75, 3.05) is 0 Å². The van der Waals surface area contributed by atoms with Crippen molar-refractivity contribution in [1.82, 2.24) is 9.13 Å². The van der Waals surface area contributed by atoms with E-state index in [0.717, 1.165) is 17.2 Å². The molecule has 1 heterocycles. The van der Waals surface area contributed by atoms with Gasteiger partial charge in [0, 0.05) is 13.1 Å². The molecule has 0 aliphatic carbocycles. The summed E-state index contributed by atoms with van der Waals surface area (Å²) in [6.45, 7) is 1.73. The third kappa shape index (κ3) is 2.71. The van der Waals surface area contributed by atoms with Gasteiger partial charge in [0.2, 0.25) is 0 Å². The molecule has 1 aromatic carbocycles. The predicted octanol–water partition coefficient (Wildman–Crippen LogP) is 2.94. The Hall–Kier alpha value is -2.09. The molecule has 0 unspecified atom stereocenters. The molecule has 0 spiro atoms. The molecule has 21 heavy (non-hydrogen) atoms. The monoisotopic (exact) mass is 316 g/mol. The van der Waals surface area contributed by atoms with Crippen LogP contribution in [0.3, 0.4) is 0 Å². The zero-order valence-electron chi connectivity index (χ0n) is 11.1. The summed E-state index contributed by atoms with van der Waals surface area (Å²) >= 11 is 4.93. The van der Waals surface area contributed by atoms with E-state index in [1.165, 1.54) is 12.1 Å². The van der Waals surface area contributed by atoms with Gasteiger partial charge in [-0.25, -0.2) is 4.57 Å². The topological polar surface area (TPSA) is 47.2 Å². The first-order chi connectivity index (χ1) is 9.62. The maximum Gasteiger partial charge on any atom is 0.431 e. The largest absolute Gasteiger partial charge is 0.506 e. The minimum Gasteiger partial charge on any atom is -0.506 e. The van der Waals surface area contributed by atoms with E-state index < -0.39 is 17.4 Å². The standard InChI is InChI=1S/C13H11F3N2O2S/c1-7-3-4-8(9(19)5-7)18-11(20)6-10(13(14,15)16)17(2)12(18)21/h3-6,19H,1-2H3. The Balaban J connectivity index is 2.82. The van der Waals surface area contributed by atoms with Crippen LogP contribution in [-0.4, -0.2) is 14.2 Å². The number of aromatic nitrogens is 2. The number of phenols is 1. The second-order valence-corrected chi connectivity index (χ2v) is 4.90. The Labute approximate surface area is 122 Å². The van der Waals surface area contributed by atoms with Gasteiger partial charge < -0.3 is 9.67 Å². The number of rotatable bonds is 1. The minimum absolute atomic E-state index is 0.0416. The number of nitrogens with zero attached hydrogens (tertiary/aromatic N) is 2. The average molecular weight is 316 g/mol. The second kappa shape index (κ2) is 5.03. The van der Waals surface area contributed by atoms with Crippen LogP contribution >= 0.6 is 12.2 Å². The Kier molecular flexibility index (Phi) is 3.66. The molecule has 0 saturated carbocycles. The summed E-state index contributed by atoms with van der Waals surface area (Å²) in [7, 11) is 1.12. The van der Waals surface area contributed by atoms with Crippen LogP contribution < -0.4 is 5.56 Å². The Morgan fingerprint density at radius 2 is 1.86 bits per heavy atom. The average Bonchev–Trinajstić information content (AvgIpc) is 2.35. The van der Waals surface area contributed by atoms with Crippen molar-refractivity contribution < 1.29 is 18.3 Å². The second-order valence-electron chi connectivity index (χ2n) is 4.53. The Morgan fingerprint density at radius 1 is 1.24 bits per heavy atom. The molecule has 0 aliphatic rings. The number of benzene rings is 1. The summed E-state index contributed by atoms with van der Waals surface area (Å²) in [5, 5.41) is 9.88. The van der Waals surface area contributed by atoms with E-state index in [1.54, 1.807) is 13.0 Å². The van der Waals surface area contributed by atoms with Crippen molar-refractivity contribution in [2.45, 2.75) is 13.1 Å². The van der Waals surface area contributed by atoms with Crippen LogP contribution in [0, 0.1) is 11.7 Å². The van der Waals surface area contributed by atoms with Crippen molar-refractivity contribution in [3.8, 4) is 11.4 Å². The lowest BCUT2D eigenvalue weighted by molar-refractivity contribution is -0.143. The highest BCUT2D eigenvalue weighted by molar-refractivity contribution is 7.71. The molecule has 0 bridgehead atoms. The highest BCUT2D eigenvalue weighted by atomic mass is 32.1. The molecule has 4 nitrogen and oxygen atoms in total. The molecule has 2 rings (SSSR count). The highest BCUT2D eigenvalue weighted by Crippen LogP contribution is 2.29. The van der Waals surface area contributed by atoms with E-state index in [0.29, 0.717) is 10.6 Å². The quantitative estimate of drug-likeness (QED) is 0.823. The zero-order chi connectivity index (χ0) is 15.9. The maximum absolute atomic E-state index is 12.8. The number of aromatic hydroxyl groups is 1. The van der Waals surface area contributed by atoms with Gasteiger partial charge in [-0.3, -0.25) is 4.79 Å². The molecule has 0 amide bonds. The van der Waals surface area contributed by atoms with E-state index in [4.69, 9.17) is 12.2 Å². The molecular weight excluding hydrogens is 305 g/mol. The summed E-state index contributed by atoms with van der Waals surface area (Å²) in [6.07, 6.45) is -4.68. The SMILES string of the molecule is Cc1ccc(-n2c(=O)cc(C(F)(F)F)n(C)c2=S)c(O)c1. The third-order valence-corrected chi connectivity index (χ3v) is 3.44. The summed E-state index contributed by atoms with van der Waals surface area (Å²) in [5.41, 5.74) is -1.31. The molecule has 2 aromatic rings. The summed E-state index contributed by atoms with van der Waals surface area (Å²) in [6, 6.07) is 4.90. The molecular formula is C13H11F3N2O2S. The molecule has 0 radical (unpaired) electrons. The van der Waals surface area contributed by atoms with Crippen LogP contribution in [0.25, 0.3) is 5.69 Å². The van der Waals surface area contributed by atoms with Crippen molar-refractivity contribution in [1.29, 1.82) is 0 Å². The third-order valence-electron chi connectivity index (χ3n) is 2.98. The number of hydrogen-bond donors (Lipinski definition) is 1. The first-order valence-corrected chi connectivity index (χ1v) is 6.24. The first-order valence-electron chi connectivity index (χ1n) is 5.83. The van der Waals surface area contributed by atoms with Gasteiger partial charge in [-0.1, -0.05) is 6.07 Å². The fourth-order valence-electron chi connectivity index (χ4n) is 1.94. The smallest absolute Gasteiger partial charge is 0.431 e. The predicted molar refractivity (Wildman–Crippen MR) is 73.2 cm³/mol. The number of hydrogen-bond acceptors (Lipinski definition) is 3. The fourth-order valence-corrected chi connectivity index (χ4v) is 2.23. The molecule has 1 N–H and O–H groups in total. The summed E-state index contributed by atoms with van der Waals surface area (Å²) in [4.78, 5) is 12.0. The molecule has 8 heteroatoms. The molecule has 0 atom stereocenters. The van der Waals surface area contributed by atoms with Crippen molar-refractivity contribution >= 4 is 12.2 Å². The lowest BCUT2D eigenvalue weighted by atomic mass is 10.2. The van der Waals surface area contributed by atoms with Gasteiger partial charge in [0.25, 0.3) is 5.56 Å². The van der Waals surface area contributed by atoms with E-state index >= 15 is 0 Å². The van der Waals surface area contributed by atoms with Crippen LogP contribution in [0.15, 0.2) is 29.1 Å². The van der Waals surface area contributed by atoms with Crippen LogP contribution in [0.5, 0.6) is 5.75 Å². The van der Waals surface area contributed by atoms with E-state index in [2.05, 4.69) is 0 Å². The number of alkyl halides is 3. The van der Waals surface area contributed by atoms with Crippen LogP contribution in [0.1, 0.15) is 11.3 Å². The molecule has 0 aliphatic heterocycles. The summed E-state index contributed by atoms with van der Waals surface area (Å²) < 4.78 is 39.6. The van der Waals surface area contributed by atoms with Crippen molar-refractivity contribution in [3.63, 3.8) is 0 Å². The molecule has 1 aromatic heterocycles. The van der Waals surface area contributed by atoms with E-state index in [-0.39, 0.29) is 16.2 Å². The van der Waals surface area contributed by atoms with Crippen LogP contribution in [0.4, 0.5) is 13.2 Å². The fraction of sp³-hybridized carbons (Fsp3) is 0.231. The lowest BCUT2D eigenvalue weighted by Gasteiger charge is -2.16. The normalized spacial score (nSPS) is 11.7. The number of halogens is 3. The van der Waals surface area contributed by atoms with Crippen molar-refractivity contribution in [2.24, 2.45) is 7.05 Å². The van der Waals surface area contributed by atoms with Gasteiger partial charge in [0.05, 0.1) is 5.69 Å². The number of aryl methyl sites for hydroxylation is 1. The van der Waals surface area contributed by atoms with Crippen LogP contribution in [0.2, 0.25) is 0 Å². The Bertz CT molecular complexity index is 822. The van der Waals surface area contributed by atoms with Gasteiger partial charge in [0.1, 0.15) is 11.4 Å². The first kappa shape index (κ1) is 15.3. The van der Waals surface area contributed by atoms with Gasteiger partial charge in [-0.15, -0.1) is 0 Å². The van der Waals surface area contributed by atoms with Crippen molar-refractivity contribution in [3.05, 3.63) is 50.6 Å². The molecule has 0 saturated heterocycles. The van der Waals surface area contributed by atoms with Gasteiger partial charge in [-0.05, 0) is 36.8 Å². The maximum atomic E-state index is 12.8. The van der Waals surface area contributed by atoms with E-state index in [1.807, 2.05) is 0 Å².